The number of hydrogen-bond acceptors (Lipinski definition) is 3. The minimum atomic E-state index is -0.0525. The average molecular weight is 311 g/mol. The molecule has 1 unspecified atom stereocenters. The van der Waals surface area contributed by atoms with Crippen molar-refractivity contribution in [3.8, 4) is 0 Å². The maximum atomic E-state index is 11.8. The number of guanidine groups is 1. The van der Waals surface area contributed by atoms with Gasteiger partial charge in [-0.2, -0.15) is 0 Å². The molecule has 0 aromatic rings. The molecule has 0 spiro atoms. The van der Waals surface area contributed by atoms with Crippen molar-refractivity contribution < 1.29 is 9.59 Å². The summed E-state index contributed by atoms with van der Waals surface area (Å²) in [6, 6.07) is 0. The highest BCUT2D eigenvalue weighted by molar-refractivity contribution is 5.88. The van der Waals surface area contributed by atoms with Gasteiger partial charge in [-0.05, 0) is 18.8 Å². The molecule has 126 valence electrons. The molecule has 22 heavy (non-hydrogen) atoms. The molecule has 0 aromatic carbocycles. The Morgan fingerprint density at radius 2 is 1.82 bits per heavy atom. The van der Waals surface area contributed by atoms with Crippen LogP contribution in [0.15, 0.2) is 4.99 Å². The highest BCUT2D eigenvalue weighted by Gasteiger charge is 2.20. The van der Waals surface area contributed by atoms with Crippen molar-refractivity contribution in [3.05, 3.63) is 0 Å². The van der Waals surface area contributed by atoms with Crippen LogP contribution in [-0.2, 0) is 9.59 Å². The van der Waals surface area contributed by atoms with Crippen molar-refractivity contribution in [2.45, 2.75) is 19.8 Å². The fourth-order valence-electron chi connectivity index (χ4n) is 2.25. The summed E-state index contributed by atoms with van der Waals surface area (Å²) >= 11 is 0. The molecular weight excluding hydrogens is 282 g/mol. The van der Waals surface area contributed by atoms with E-state index in [9.17, 15) is 9.59 Å². The predicted octanol–water partition coefficient (Wildman–Crippen LogP) is -0.160. The van der Waals surface area contributed by atoms with E-state index in [0.29, 0.717) is 11.9 Å². The van der Waals surface area contributed by atoms with Gasteiger partial charge in [-0.15, -0.1) is 0 Å². The molecule has 0 saturated carbocycles. The van der Waals surface area contributed by atoms with Crippen LogP contribution in [0.4, 0.5) is 0 Å². The first kappa shape index (κ1) is 18.3. The lowest BCUT2D eigenvalue weighted by molar-refractivity contribution is -0.127. The first-order valence-corrected chi connectivity index (χ1v) is 7.74. The van der Waals surface area contributed by atoms with Crippen LogP contribution in [0.3, 0.4) is 0 Å². The van der Waals surface area contributed by atoms with Gasteiger partial charge in [-0.3, -0.25) is 9.59 Å². The van der Waals surface area contributed by atoms with E-state index < -0.39 is 0 Å². The summed E-state index contributed by atoms with van der Waals surface area (Å²) < 4.78 is 0. The van der Waals surface area contributed by atoms with Gasteiger partial charge in [-0.1, -0.05) is 6.92 Å². The summed E-state index contributed by atoms with van der Waals surface area (Å²) in [6.45, 7) is 4.30. The zero-order chi connectivity index (χ0) is 16.7. The Balaban J connectivity index is 2.73. The van der Waals surface area contributed by atoms with Crippen LogP contribution in [-0.4, -0.2) is 86.8 Å². The van der Waals surface area contributed by atoms with Gasteiger partial charge in [0.1, 0.15) is 6.54 Å². The number of hydrogen-bond donors (Lipinski definition) is 1. The van der Waals surface area contributed by atoms with Crippen molar-refractivity contribution in [1.82, 2.24) is 20.0 Å². The Labute approximate surface area is 133 Å². The van der Waals surface area contributed by atoms with Gasteiger partial charge in [0.2, 0.25) is 11.8 Å². The van der Waals surface area contributed by atoms with Crippen molar-refractivity contribution >= 4 is 17.8 Å². The Morgan fingerprint density at radius 1 is 1.18 bits per heavy atom. The molecule has 0 bridgehead atoms. The standard InChI is InChI=1S/C15H29N5O2/c1-12-7-6-8-20(11-12)15(16-9-13(21)18(2)3)17-10-14(22)19(4)5/h12H,6-11H2,1-5H3,(H,16,17). The second kappa shape index (κ2) is 8.60. The maximum Gasteiger partial charge on any atom is 0.243 e. The summed E-state index contributed by atoms with van der Waals surface area (Å²) in [6.07, 6.45) is 2.31. The second-order valence-electron chi connectivity index (χ2n) is 6.26. The van der Waals surface area contributed by atoms with Gasteiger partial charge in [-0.25, -0.2) is 4.99 Å². The summed E-state index contributed by atoms with van der Waals surface area (Å²) in [4.78, 5) is 33.1. The van der Waals surface area contributed by atoms with Crippen LogP contribution in [0.1, 0.15) is 19.8 Å². The number of likely N-dealkylation sites (N-methyl/N-ethyl adjacent to an activating group) is 2. The molecule has 2 amide bonds. The highest BCUT2D eigenvalue weighted by Crippen LogP contribution is 2.15. The fraction of sp³-hybridized carbons (Fsp3) is 0.800. The lowest BCUT2D eigenvalue weighted by Crippen LogP contribution is -2.49. The van der Waals surface area contributed by atoms with Gasteiger partial charge < -0.3 is 20.0 Å². The van der Waals surface area contributed by atoms with E-state index in [1.807, 2.05) is 0 Å². The molecular formula is C15H29N5O2. The van der Waals surface area contributed by atoms with Gasteiger partial charge in [0.15, 0.2) is 5.96 Å². The van der Waals surface area contributed by atoms with Crippen LogP contribution in [0.25, 0.3) is 0 Å². The third-order valence-corrected chi connectivity index (χ3v) is 3.72. The van der Waals surface area contributed by atoms with Crippen LogP contribution >= 0.6 is 0 Å². The van der Waals surface area contributed by atoms with Gasteiger partial charge in [0.25, 0.3) is 0 Å². The van der Waals surface area contributed by atoms with E-state index in [1.165, 1.54) is 16.2 Å². The van der Waals surface area contributed by atoms with Crippen LogP contribution in [0, 0.1) is 5.92 Å². The Morgan fingerprint density at radius 3 is 2.36 bits per heavy atom. The molecule has 7 nitrogen and oxygen atoms in total. The van der Waals surface area contributed by atoms with Crippen molar-refractivity contribution in [2.75, 3.05) is 54.4 Å². The fourth-order valence-corrected chi connectivity index (χ4v) is 2.25. The molecule has 1 N–H and O–H groups in total. The largest absolute Gasteiger partial charge is 0.347 e. The summed E-state index contributed by atoms with van der Waals surface area (Å²) in [5.41, 5.74) is 0. The van der Waals surface area contributed by atoms with Crippen LogP contribution < -0.4 is 5.32 Å². The number of carbonyl (C=O) groups excluding carboxylic acids is 2. The number of nitrogens with zero attached hydrogens (tertiary/aromatic N) is 4. The number of rotatable bonds is 4. The first-order valence-electron chi connectivity index (χ1n) is 7.74. The van der Waals surface area contributed by atoms with Gasteiger partial charge in [0, 0.05) is 41.3 Å². The second-order valence-corrected chi connectivity index (χ2v) is 6.26. The molecule has 1 heterocycles. The third kappa shape index (κ3) is 5.91. The number of nitrogens with one attached hydrogen (secondary N) is 1. The molecule has 1 saturated heterocycles. The smallest absolute Gasteiger partial charge is 0.243 e. The van der Waals surface area contributed by atoms with Crippen molar-refractivity contribution in [2.24, 2.45) is 10.9 Å². The molecule has 7 heteroatoms. The SMILES string of the molecule is CC1CCCN(C(=NCC(=O)N(C)C)NCC(=O)N(C)C)C1. The van der Waals surface area contributed by atoms with E-state index in [1.54, 1.807) is 28.2 Å². The molecule has 1 fully saturated rings. The topological polar surface area (TPSA) is 68.2 Å². The monoisotopic (exact) mass is 311 g/mol. The number of carbonyl (C=O) groups is 2. The zero-order valence-corrected chi connectivity index (χ0v) is 14.4. The highest BCUT2D eigenvalue weighted by atomic mass is 16.2. The molecule has 1 rings (SSSR count). The minimum absolute atomic E-state index is 0.0169. The van der Waals surface area contributed by atoms with Gasteiger partial charge >= 0.3 is 0 Å². The quantitative estimate of drug-likeness (QED) is 0.579. The summed E-state index contributed by atoms with van der Waals surface area (Å²) in [5, 5.41) is 3.10. The molecule has 1 atom stereocenters. The third-order valence-electron chi connectivity index (χ3n) is 3.72. The maximum absolute atomic E-state index is 11.8. The number of amides is 2. The van der Waals surface area contributed by atoms with E-state index >= 15 is 0 Å². The molecule has 0 radical (unpaired) electrons. The predicted molar refractivity (Wildman–Crippen MR) is 87.7 cm³/mol. The van der Waals surface area contributed by atoms with E-state index in [4.69, 9.17) is 0 Å². The first-order chi connectivity index (χ1) is 10.3. The minimum Gasteiger partial charge on any atom is -0.347 e. The van der Waals surface area contributed by atoms with Crippen LogP contribution in [0.5, 0.6) is 0 Å². The molecule has 0 aromatic heterocycles. The number of aliphatic imine (C=N–C) groups is 1. The Kier molecular flexibility index (Phi) is 7.14. The Bertz CT molecular complexity index is 420. The average Bonchev–Trinajstić information content (AvgIpc) is 2.46. The van der Waals surface area contributed by atoms with Crippen molar-refractivity contribution in [3.63, 3.8) is 0 Å². The lowest BCUT2D eigenvalue weighted by atomic mass is 10.0. The summed E-state index contributed by atoms with van der Waals surface area (Å²) in [5.74, 6) is 1.17. The Hall–Kier alpha value is -1.79. The van der Waals surface area contributed by atoms with Crippen molar-refractivity contribution in [1.29, 1.82) is 0 Å². The van der Waals surface area contributed by atoms with E-state index in [0.717, 1.165) is 19.5 Å². The molecule has 1 aliphatic rings. The van der Waals surface area contributed by atoms with Crippen LogP contribution in [0.2, 0.25) is 0 Å². The summed E-state index contributed by atoms with van der Waals surface area (Å²) in [7, 11) is 6.87. The number of likely N-dealkylation sites (tertiary alicyclic amines) is 1. The zero-order valence-electron chi connectivity index (χ0n) is 14.4. The number of piperidine rings is 1. The lowest BCUT2D eigenvalue weighted by Gasteiger charge is -2.33. The normalized spacial score (nSPS) is 18.9. The van der Waals surface area contributed by atoms with E-state index in [2.05, 4.69) is 22.1 Å². The molecule has 1 aliphatic heterocycles. The van der Waals surface area contributed by atoms with E-state index in [-0.39, 0.29) is 24.9 Å². The molecule has 0 aliphatic carbocycles. The van der Waals surface area contributed by atoms with Gasteiger partial charge in [0.05, 0.1) is 6.54 Å².